The number of hydrogen-bond acceptors (Lipinski definition) is 5. The first-order valence-electron chi connectivity index (χ1n) is 10.0. The van der Waals surface area contributed by atoms with E-state index in [2.05, 4.69) is 42.3 Å². The smallest absolute Gasteiger partial charge is 0.243 e. The summed E-state index contributed by atoms with van der Waals surface area (Å²) in [5.41, 5.74) is 3.11. The molecular weight excluding hydrogens is 418 g/mol. The number of thioether (sulfide) groups is 1. The third-order valence-corrected chi connectivity index (χ3v) is 8.22. The molecule has 2 aromatic carbocycles. The molecule has 0 aromatic heterocycles. The van der Waals surface area contributed by atoms with Crippen molar-refractivity contribution < 1.29 is 13.2 Å². The first-order chi connectivity index (χ1) is 14.3. The number of nitrogens with one attached hydrogen (secondary N) is 1. The number of nitrogens with zero attached hydrogens (tertiary/aromatic N) is 2. The van der Waals surface area contributed by atoms with Crippen LogP contribution in [0.3, 0.4) is 0 Å². The molecule has 0 saturated carbocycles. The summed E-state index contributed by atoms with van der Waals surface area (Å²) >= 11 is 1.65. The van der Waals surface area contributed by atoms with Crippen molar-refractivity contribution in [2.75, 3.05) is 44.3 Å². The van der Waals surface area contributed by atoms with Crippen LogP contribution in [0.1, 0.15) is 17.5 Å². The van der Waals surface area contributed by atoms with Crippen molar-refractivity contribution >= 4 is 33.4 Å². The number of sulfonamides is 1. The van der Waals surface area contributed by atoms with E-state index in [4.69, 9.17) is 0 Å². The first-order valence-corrected chi connectivity index (χ1v) is 12.5. The predicted molar refractivity (Wildman–Crippen MR) is 123 cm³/mol. The van der Waals surface area contributed by atoms with Gasteiger partial charge in [0.2, 0.25) is 15.9 Å². The maximum atomic E-state index is 12.8. The van der Waals surface area contributed by atoms with Gasteiger partial charge in [-0.15, -0.1) is 11.8 Å². The molecule has 162 valence electrons. The van der Waals surface area contributed by atoms with Crippen molar-refractivity contribution in [2.45, 2.75) is 30.1 Å². The molecule has 8 heteroatoms. The summed E-state index contributed by atoms with van der Waals surface area (Å²) in [5.74, 6) is 0.602. The van der Waals surface area contributed by atoms with Gasteiger partial charge >= 0.3 is 0 Å². The SMILES string of the molecule is Cc1ccc(SCCC(=O)Nc2ccc(S(=O)(=O)N3CCN(C)CC3)cc2)cc1C. The highest BCUT2D eigenvalue weighted by atomic mass is 32.2. The summed E-state index contributed by atoms with van der Waals surface area (Å²) in [6, 6.07) is 12.7. The molecule has 1 heterocycles. The fourth-order valence-corrected chi connectivity index (χ4v) is 5.55. The van der Waals surface area contributed by atoms with Crippen LogP contribution in [0.5, 0.6) is 0 Å². The Labute approximate surface area is 183 Å². The van der Waals surface area contributed by atoms with Gasteiger partial charge in [0.1, 0.15) is 0 Å². The number of hydrogen-bond donors (Lipinski definition) is 1. The summed E-state index contributed by atoms with van der Waals surface area (Å²) in [6.45, 7) is 6.62. The highest BCUT2D eigenvalue weighted by Gasteiger charge is 2.27. The molecule has 1 aliphatic heterocycles. The zero-order valence-corrected chi connectivity index (χ0v) is 19.4. The highest BCUT2D eigenvalue weighted by Crippen LogP contribution is 2.23. The summed E-state index contributed by atoms with van der Waals surface area (Å²) in [7, 11) is -1.50. The normalized spacial score (nSPS) is 15.8. The second-order valence-electron chi connectivity index (χ2n) is 7.62. The maximum absolute atomic E-state index is 12.8. The number of likely N-dealkylation sites (N-methyl/N-ethyl adjacent to an activating group) is 1. The number of piperazine rings is 1. The molecule has 3 rings (SSSR count). The summed E-state index contributed by atoms with van der Waals surface area (Å²) in [6.07, 6.45) is 0.388. The summed E-state index contributed by atoms with van der Waals surface area (Å²) in [5, 5.41) is 2.85. The van der Waals surface area contributed by atoms with Crippen LogP contribution < -0.4 is 5.32 Å². The minimum Gasteiger partial charge on any atom is -0.326 e. The van der Waals surface area contributed by atoms with Crippen LogP contribution in [-0.2, 0) is 14.8 Å². The van der Waals surface area contributed by atoms with Gasteiger partial charge < -0.3 is 10.2 Å². The van der Waals surface area contributed by atoms with Gasteiger partial charge in [0.25, 0.3) is 0 Å². The van der Waals surface area contributed by atoms with Crippen LogP contribution in [-0.4, -0.2) is 62.5 Å². The fraction of sp³-hybridized carbons (Fsp3) is 0.409. The number of benzene rings is 2. The molecule has 1 aliphatic rings. The zero-order valence-electron chi connectivity index (χ0n) is 17.7. The van der Waals surface area contributed by atoms with E-state index in [1.807, 2.05) is 7.05 Å². The number of aryl methyl sites for hydroxylation is 2. The molecule has 30 heavy (non-hydrogen) atoms. The maximum Gasteiger partial charge on any atom is 0.243 e. The Morgan fingerprint density at radius 3 is 2.30 bits per heavy atom. The second-order valence-corrected chi connectivity index (χ2v) is 10.7. The number of carbonyl (C=O) groups is 1. The van der Waals surface area contributed by atoms with Gasteiger partial charge in [-0.3, -0.25) is 4.79 Å². The van der Waals surface area contributed by atoms with Gasteiger partial charge in [0.05, 0.1) is 4.90 Å². The average Bonchev–Trinajstić information content (AvgIpc) is 2.71. The number of rotatable bonds is 7. The Balaban J connectivity index is 1.51. The van der Waals surface area contributed by atoms with Gasteiger partial charge in [-0.2, -0.15) is 4.31 Å². The zero-order chi connectivity index (χ0) is 21.7. The molecule has 1 N–H and O–H groups in total. The first kappa shape index (κ1) is 22.8. The van der Waals surface area contributed by atoms with Crippen LogP contribution >= 0.6 is 11.8 Å². The molecule has 0 aliphatic carbocycles. The molecule has 0 bridgehead atoms. The molecule has 0 radical (unpaired) electrons. The molecule has 0 unspecified atom stereocenters. The van der Waals surface area contributed by atoms with Crippen molar-refractivity contribution in [1.29, 1.82) is 0 Å². The highest BCUT2D eigenvalue weighted by molar-refractivity contribution is 7.99. The van der Waals surface area contributed by atoms with E-state index in [0.29, 0.717) is 31.0 Å². The van der Waals surface area contributed by atoms with E-state index in [1.54, 1.807) is 36.0 Å². The summed E-state index contributed by atoms with van der Waals surface area (Å²) in [4.78, 5) is 15.8. The second kappa shape index (κ2) is 9.96. The van der Waals surface area contributed by atoms with E-state index in [9.17, 15) is 13.2 Å². The van der Waals surface area contributed by atoms with Gasteiger partial charge in [-0.25, -0.2) is 8.42 Å². The molecular formula is C22H29N3O3S2. The number of amides is 1. The van der Waals surface area contributed by atoms with Crippen molar-refractivity contribution in [3.05, 3.63) is 53.6 Å². The molecule has 1 fully saturated rings. The van der Waals surface area contributed by atoms with Gasteiger partial charge in [0, 0.05) is 48.9 Å². The van der Waals surface area contributed by atoms with E-state index in [-0.39, 0.29) is 10.8 Å². The van der Waals surface area contributed by atoms with Crippen LogP contribution in [0, 0.1) is 13.8 Å². The van der Waals surface area contributed by atoms with E-state index >= 15 is 0 Å². The number of anilines is 1. The third-order valence-electron chi connectivity index (χ3n) is 5.31. The van der Waals surface area contributed by atoms with Crippen LogP contribution in [0.2, 0.25) is 0 Å². The summed E-state index contributed by atoms with van der Waals surface area (Å²) < 4.78 is 27.0. The molecule has 1 saturated heterocycles. The lowest BCUT2D eigenvalue weighted by atomic mass is 10.1. The quantitative estimate of drug-likeness (QED) is 0.659. The van der Waals surface area contributed by atoms with E-state index < -0.39 is 10.0 Å². The topological polar surface area (TPSA) is 69.7 Å². The molecule has 1 amide bonds. The molecule has 0 atom stereocenters. The minimum atomic E-state index is -3.49. The Bertz CT molecular complexity index is 983. The fourth-order valence-electron chi connectivity index (χ4n) is 3.18. The Kier molecular flexibility index (Phi) is 7.57. The third kappa shape index (κ3) is 5.85. The Morgan fingerprint density at radius 2 is 1.67 bits per heavy atom. The van der Waals surface area contributed by atoms with Gasteiger partial charge in [0.15, 0.2) is 0 Å². The van der Waals surface area contributed by atoms with Crippen LogP contribution in [0.4, 0.5) is 5.69 Å². The van der Waals surface area contributed by atoms with Crippen LogP contribution in [0.25, 0.3) is 0 Å². The lowest BCUT2D eigenvalue weighted by Crippen LogP contribution is -2.46. The van der Waals surface area contributed by atoms with Gasteiger partial charge in [-0.05, 0) is 68.4 Å². The van der Waals surface area contributed by atoms with Gasteiger partial charge in [-0.1, -0.05) is 6.07 Å². The Morgan fingerprint density at radius 1 is 1.00 bits per heavy atom. The standard InChI is InChI=1S/C22H29N3O3S2/c1-17-4-7-20(16-18(17)2)29-15-10-22(26)23-19-5-8-21(9-6-19)30(27,28)25-13-11-24(3)12-14-25/h4-9,16H,10-15H2,1-3H3,(H,23,26). The van der Waals surface area contributed by atoms with E-state index in [1.165, 1.54) is 15.4 Å². The monoisotopic (exact) mass is 447 g/mol. The lowest BCUT2D eigenvalue weighted by molar-refractivity contribution is -0.115. The minimum absolute atomic E-state index is 0.0824. The average molecular weight is 448 g/mol. The van der Waals surface area contributed by atoms with Crippen molar-refractivity contribution in [1.82, 2.24) is 9.21 Å². The lowest BCUT2D eigenvalue weighted by Gasteiger charge is -2.31. The Hall–Kier alpha value is -1.87. The van der Waals surface area contributed by atoms with Crippen molar-refractivity contribution in [2.24, 2.45) is 0 Å². The van der Waals surface area contributed by atoms with Crippen molar-refractivity contribution in [3.63, 3.8) is 0 Å². The van der Waals surface area contributed by atoms with Crippen molar-refractivity contribution in [3.8, 4) is 0 Å². The molecule has 6 nitrogen and oxygen atoms in total. The van der Waals surface area contributed by atoms with E-state index in [0.717, 1.165) is 18.0 Å². The predicted octanol–water partition coefficient (Wildman–Crippen LogP) is 3.36. The molecule has 0 spiro atoms. The van der Waals surface area contributed by atoms with Crippen LogP contribution in [0.15, 0.2) is 52.3 Å². The number of carbonyl (C=O) groups excluding carboxylic acids is 1. The largest absolute Gasteiger partial charge is 0.326 e. The molecule has 2 aromatic rings.